The smallest absolute Gasteiger partial charge is 0.249 e. The maximum atomic E-state index is 12.2. The molecular formula is C18H36N2O4. The monoisotopic (exact) mass is 344 g/mol. The fourth-order valence-corrected chi connectivity index (χ4v) is 3.00. The van der Waals surface area contributed by atoms with E-state index in [0.717, 1.165) is 32.1 Å². The second-order valence-electron chi connectivity index (χ2n) is 6.52. The van der Waals surface area contributed by atoms with Crippen molar-refractivity contribution in [2.45, 2.75) is 78.2 Å². The van der Waals surface area contributed by atoms with Gasteiger partial charge in [-0.2, -0.15) is 0 Å². The molecule has 24 heavy (non-hydrogen) atoms. The second-order valence-corrected chi connectivity index (χ2v) is 6.52. The van der Waals surface area contributed by atoms with Crippen LogP contribution in [0.4, 0.5) is 0 Å². The van der Waals surface area contributed by atoms with Gasteiger partial charge >= 0.3 is 0 Å². The number of aliphatic hydroxyl groups is 2. The van der Waals surface area contributed by atoms with Crippen LogP contribution in [0.1, 0.15) is 72.1 Å². The van der Waals surface area contributed by atoms with Gasteiger partial charge in [0.2, 0.25) is 11.8 Å². The van der Waals surface area contributed by atoms with Crippen molar-refractivity contribution in [1.82, 2.24) is 10.6 Å². The average Bonchev–Trinajstić information content (AvgIpc) is 2.57. The lowest BCUT2D eigenvalue weighted by atomic mass is 9.74. The largest absolute Gasteiger partial charge is 0.396 e. The first-order valence-electron chi connectivity index (χ1n) is 9.30. The molecule has 0 saturated heterocycles. The Bertz CT molecular complexity index is 355. The number of aliphatic hydroxyl groups excluding tert-OH is 2. The standard InChI is InChI=1S/C18H36N2O4/c1-4-7-8-12-19-15(22)9-13-20-17(24)16(23)18(14-21,10-5-2)11-6-3/h16,21,23H,4-14H2,1-3H3,(H,19,22)(H,20,24)/t16-/m0/s1. The van der Waals surface area contributed by atoms with E-state index in [1.54, 1.807) is 0 Å². The third-order valence-corrected chi connectivity index (χ3v) is 4.39. The van der Waals surface area contributed by atoms with E-state index in [1.165, 1.54) is 0 Å². The molecule has 142 valence electrons. The summed E-state index contributed by atoms with van der Waals surface area (Å²) in [5, 5.41) is 25.5. The zero-order valence-electron chi connectivity index (χ0n) is 15.6. The molecule has 0 aliphatic rings. The summed E-state index contributed by atoms with van der Waals surface area (Å²) in [6.45, 7) is 6.66. The number of hydrogen-bond acceptors (Lipinski definition) is 4. The highest BCUT2D eigenvalue weighted by Crippen LogP contribution is 2.33. The summed E-state index contributed by atoms with van der Waals surface area (Å²) < 4.78 is 0. The van der Waals surface area contributed by atoms with E-state index in [2.05, 4.69) is 17.6 Å². The molecule has 0 rings (SSSR count). The number of carbonyl (C=O) groups excluding carboxylic acids is 2. The van der Waals surface area contributed by atoms with Crippen LogP contribution in [-0.2, 0) is 9.59 Å². The van der Waals surface area contributed by atoms with Crippen molar-refractivity contribution >= 4 is 11.8 Å². The molecule has 0 aliphatic heterocycles. The van der Waals surface area contributed by atoms with Crippen LogP contribution in [0.5, 0.6) is 0 Å². The Labute approximate surface area is 146 Å². The molecule has 0 aromatic heterocycles. The zero-order chi connectivity index (χ0) is 18.4. The summed E-state index contributed by atoms with van der Waals surface area (Å²) in [7, 11) is 0. The molecular weight excluding hydrogens is 308 g/mol. The van der Waals surface area contributed by atoms with Crippen molar-refractivity contribution in [3.63, 3.8) is 0 Å². The van der Waals surface area contributed by atoms with Gasteiger partial charge in [-0.25, -0.2) is 0 Å². The zero-order valence-corrected chi connectivity index (χ0v) is 15.6. The first-order valence-corrected chi connectivity index (χ1v) is 9.30. The molecule has 0 radical (unpaired) electrons. The lowest BCUT2D eigenvalue weighted by Gasteiger charge is -2.35. The lowest BCUT2D eigenvalue weighted by molar-refractivity contribution is -0.140. The Balaban J connectivity index is 4.30. The fraction of sp³-hybridized carbons (Fsp3) is 0.889. The Morgan fingerprint density at radius 1 is 0.958 bits per heavy atom. The van der Waals surface area contributed by atoms with Gasteiger partial charge in [0.15, 0.2) is 0 Å². The minimum absolute atomic E-state index is 0.101. The van der Waals surface area contributed by atoms with E-state index in [0.29, 0.717) is 19.4 Å². The highest BCUT2D eigenvalue weighted by Gasteiger charge is 2.40. The molecule has 0 aromatic rings. The van der Waals surface area contributed by atoms with Crippen molar-refractivity contribution in [2.75, 3.05) is 19.7 Å². The minimum Gasteiger partial charge on any atom is -0.396 e. The van der Waals surface area contributed by atoms with E-state index in [9.17, 15) is 19.8 Å². The molecule has 0 unspecified atom stereocenters. The van der Waals surface area contributed by atoms with E-state index >= 15 is 0 Å². The quantitative estimate of drug-likeness (QED) is 0.361. The molecule has 0 saturated carbocycles. The SMILES string of the molecule is CCCCCNC(=O)CCNC(=O)[C@H](O)C(CO)(CCC)CCC. The number of carbonyl (C=O) groups is 2. The summed E-state index contributed by atoms with van der Waals surface area (Å²) in [4.78, 5) is 23.8. The van der Waals surface area contributed by atoms with E-state index in [-0.39, 0.29) is 25.5 Å². The summed E-state index contributed by atoms with van der Waals surface area (Å²) in [6, 6.07) is 0. The Morgan fingerprint density at radius 2 is 1.58 bits per heavy atom. The topological polar surface area (TPSA) is 98.7 Å². The van der Waals surface area contributed by atoms with Gasteiger partial charge in [-0.3, -0.25) is 9.59 Å². The molecule has 0 fully saturated rings. The van der Waals surface area contributed by atoms with Gasteiger partial charge in [-0.05, 0) is 19.3 Å². The summed E-state index contributed by atoms with van der Waals surface area (Å²) in [6.07, 6.45) is 4.82. The summed E-state index contributed by atoms with van der Waals surface area (Å²) >= 11 is 0. The minimum atomic E-state index is -1.25. The normalized spacial score (nSPS) is 12.7. The highest BCUT2D eigenvalue weighted by molar-refractivity contribution is 5.82. The van der Waals surface area contributed by atoms with E-state index < -0.39 is 17.4 Å². The molecule has 0 aliphatic carbocycles. The van der Waals surface area contributed by atoms with Gasteiger partial charge in [0, 0.05) is 24.9 Å². The van der Waals surface area contributed by atoms with Crippen molar-refractivity contribution in [1.29, 1.82) is 0 Å². The molecule has 1 atom stereocenters. The van der Waals surface area contributed by atoms with Gasteiger partial charge in [0.1, 0.15) is 6.10 Å². The Hall–Kier alpha value is -1.14. The molecule has 0 heterocycles. The molecule has 0 aromatic carbocycles. The van der Waals surface area contributed by atoms with Crippen molar-refractivity contribution < 1.29 is 19.8 Å². The number of nitrogens with one attached hydrogen (secondary N) is 2. The van der Waals surface area contributed by atoms with Crippen LogP contribution in [0.2, 0.25) is 0 Å². The Kier molecular flexibility index (Phi) is 12.6. The van der Waals surface area contributed by atoms with Gasteiger partial charge in [-0.15, -0.1) is 0 Å². The fourth-order valence-electron chi connectivity index (χ4n) is 3.00. The molecule has 2 amide bonds. The third kappa shape index (κ3) is 8.11. The molecule has 0 spiro atoms. The van der Waals surface area contributed by atoms with Crippen LogP contribution in [0.3, 0.4) is 0 Å². The van der Waals surface area contributed by atoms with Crippen LogP contribution in [-0.4, -0.2) is 47.8 Å². The first kappa shape index (κ1) is 22.9. The molecule has 0 bridgehead atoms. The van der Waals surface area contributed by atoms with Crippen molar-refractivity contribution in [3.05, 3.63) is 0 Å². The van der Waals surface area contributed by atoms with Crippen molar-refractivity contribution in [3.8, 4) is 0 Å². The summed E-state index contributed by atoms with van der Waals surface area (Å²) in [5.41, 5.74) is -0.796. The Morgan fingerprint density at radius 3 is 2.08 bits per heavy atom. The van der Waals surface area contributed by atoms with E-state index in [4.69, 9.17) is 0 Å². The number of rotatable bonds is 14. The van der Waals surface area contributed by atoms with Crippen LogP contribution >= 0.6 is 0 Å². The predicted molar refractivity (Wildman–Crippen MR) is 95.5 cm³/mol. The van der Waals surface area contributed by atoms with E-state index in [1.807, 2.05) is 13.8 Å². The summed E-state index contributed by atoms with van der Waals surface area (Å²) in [5.74, 6) is -0.610. The van der Waals surface area contributed by atoms with Crippen molar-refractivity contribution in [2.24, 2.45) is 5.41 Å². The van der Waals surface area contributed by atoms with Gasteiger partial charge in [0.25, 0.3) is 0 Å². The van der Waals surface area contributed by atoms with Crippen LogP contribution in [0, 0.1) is 5.41 Å². The van der Waals surface area contributed by atoms with Crippen LogP contribution in [0.15, 0.2) is 0 Å². The maximum Gasteiger partial charge on any atom is 0.249 e. The lowest BCUT2D eigenvalue weighted by Crippen LogP contribution is -2.49. The second kappa shape index (κ2) is 13.2. The highest BCUT2D eigenvalue weighted by atomic mass is 16.3. The predicted octanol–water partition coefficient (Wildman–Crippen LogP) is 1.74. The van der Waals surface area contributed by atoms with Crippen LogP contribution in [0.25, 0.3) is 0 Å². The molecule has 4 N–H and O–H groups in total. The number of hydrogen-bond donors (Lipinski definition) is 4. The number of amides is 2. The molecule has 6 nitrogen and oxygen atoms in total. The van der Waals surface area contributed by atoms with Gasteiger partial charge < -0.3 is 20.8 Å². The number of unbranched alkanes of at least 4 members (excludes halogenated alkanes) is 2. The van der Waals surface area contributed by atoms with Gasteiger partial charge in [0.05, 0.1) is 6.61 Å². The average molecular weight is 344 g/mol. The maximum absolute atomic E-state index is 12.2. The first-order chi connectivity index (χ1) is 11.5. The van der Waals surface area contributed by atoms with Crippen LogP contribution < -0.4 is 10.6 Å². The van der Waals surface area contributed by atoms with Gasteiger partial charge in [-0.1, -0.05) is 46.5 Å². The molecule has 6 heteroatoms. The third-order valence-electron chi connectivity index (χ3n) is 4.39.